The highest BCUT2D eigenvalue weighted by atomic mass is 16.5. The van der Waals surface area contributed by atoms with Crippen molar-refractivity contribution in [2.24, 2.45) is 0 Å². The summed E-state index contributed by atoms with van der Waals surface area (Å²) in [6.07, 6.45) is 6.98. The maximum absolute atomic E-state index is 12.7. The van der Waals surface area contributed by atoms with Gasteiger partial charge in [-0.15, -0.1) is 0 Å². The summed E-state index contributed by atoms with van der Waals surface area (Å²) in [5.41, 5.74) is 1.22. The van der Waals surface area contributed by atoms with Crippen LogP contribution in [0.2, 0.25) is 0 Å². The number of hydrogen-bond donors (Lipinski definition) is 2. The molecule has 0 aliphatic heterocycles. The van der Waals surface area contributed by atoms with Gasteiger partial charge in [-0.3, -0.25) is 14.6 Å². The molecule has 6 heteroatoms. The molecule has 1 heterocycles. The Balaban J connectivity index is 1.69. The number of nitrogens with one attached hydrogen (secondary N) is 2. The van der Waals surface area contributed by atoms with Gasteiger partial charge in [-0.2, -0.15) is 0 Å². The molecule has 1 fully saturated rings. The second kappa shape index (κ2) is 9.35. The minimum atomic E-state index is -0.311. The first-order valence-corrected chi connectivity index (χ1v) is 9.87. The zero-order chi connectivity index (χ0) is 19.9. The second-order valence-electron chi connectivity index (χ2n) is 7.36. The highest BCUT2D eigenvalue weighted by Crippen LogP contribution is 2.25. The van der Waals surface area contributed by atoms with Crippen molar-refractivity contribution in [2.45, 2.75) is 58.1 Å². The van der Waals surface area contributed by atoms with Crippen molar-refractivity contribution in [1.82, 2.24) is 10.3 Å². The van der Waals surface area contributed by atoms with Crippen LogP contribution in [0.4, 0.5) is 5.69 Å². The van der Waals surface area contributed by atoms with E-state index in [2.05, 4.69) is 15.6 Å². The molecule has 0 unspecified atom stereocenters. The van der Waals surface area contributed by atoms with Gasteiger partial charge in [-0.1, -0.05) is 31.4 Å². The van der Waals surface area contributed by atoms with Gasteiger partial charge in [0.15, 0.2) is 0 Å². The number of ether oxygens (including phenoxy) is 1. The van der Waals surface area contributed by atoms with Crippen LogP contribution in [0.5, 0.6) is 5.75 Å². The third kappa shape index (κ3) is 5.31. The van der Waals surface area contributed by atoms with Gasteiger partial charge in [-0.25, -0.2) is 0 Å². The lowest BCUT2D eigenvalue weighted by Crippen LogP contribution is -2.36. The smallest absolute Gasteiger partial charge is 0.270 e. The number of aromatic nitrogens is 1. The predicted molar refractivity (Wildman–Crippen MR) is 109 cm³/mol. The Hall–Kier alpha value is -2.89. The fourth-order valence-corrected chi connectivity index (χ4v) is 3.32. The fraction of sp³-hybridized carbons (Fsp3) is 0.409. The number of pyridine rings is 1. The molecule has 6 nitrogen and oxygen atoms in total. The molecular weight excluding hydrogens is 354 g/mol. The van der Waals surface area contributed by atoms with Gasteiger partial charge < -0.3 is 15.4 Å². The van der Waals surface area contributed by atoms with Crippen molar-refractivity contribution in [3.8, 4) is 5.75 Å². The summed E-state index contributed by atoms with van der Waals surface area (Å²) >= 11 is 0. The lowest BCUT2D eigenvalue weighted by Gasteiger charge is -2.22. The Morgan fingerprint density at radius 1 is 1.07 bits per heavy atom. The fourth-order valence-electron chi connectivity index (χ4n) is 3.32. The SMILES string of the molecule is CC(C)Oc1ccccc1NC(=O)c1ccnc(C(=O)NC2CCCCC2)c1. The third-order valence-electron chi connectivity index (χ3n) is 4.69. The van der Waals surface area contributed by atoms with Crippen molar-refractivity contribution in [1.29, 1.82) is 0 Å². The van der Waals surface area contributed by atoms with Crippen LogP contribution in [0.1, 0.15) is 66.8 Å². The summed E-state index contributed by atoms with van der Waals surface area (Å²) in [4.78, 5) is 29.3. The summed E-state index contributed by atoms with van der Waals surface area (Å²) in [7, 11) is 0. The van der Waals surface area contributed by atoms with Crippen molar-refractivity contribution >= 4 is 17.5 Å². The highest BCUT2D eigenvalue weighted by Gasteiger charge is 2.19. The van der Waals surface area contributed by atoms with Crippen molar-refractivity contribution in [3.05, 3.63) is 53.9 Å². The molecular formula is C22H27N3O3. The summed E-state index contributed by atoms with van der Waals surface area (Å²) in [6, 6.07) is 10.6. The quantitative estimate of drug-likeness (QED) is 0.786. The molecule has 0 saturated heterocycles. The number of anilines is 1. The van der Waals surface area contributed by atoms with Crippen LogP contribution in [0.25, 0.3) is 0 Å². The van der Waals surface area contributed by atoms with Crippen LogP contribution in [0, 0.1) is 0 Å². The Kier molecular flexibility index (Phi) is 6.63. The van der Waals surface area contributed by atoms with Crippen LogP contribution in [-0.2, 0) is 0 Å². The average molecular weight is 381 g/mol. The average Bonchev–Trinajstić information content (AvgIpc) is 2.70. The zero-order valence-corrected chi connectivity index (χ0v) is 16.4. The summed E-state index contributed by atoms with van der Waals surface area (Å²) in [5, 5.41) is 5.88. The molecule has 0 atom stereocenters. The van der Waals surface area contributed by atoms with Crippen molar-refractivity contribution in [3.63, 3.8) is 0 Å². The van der Waals surface area contributed by atoms with Crippen LogP contribution in [0.3, 0.4) is 0 Å². The van der Waals surface area contributed by atoms with E-state index in [-0.39, 0.29) is 29.7 Å². The molecule has 1 aromatic carbocycles. The van der Waals surface area contributed by atoms with Gasteiger partial charge in [0.05, 0.1) is 11.8 Å². The maximum atomic E-state index is 12.7. The van der Waals surface area contributed by atoms with E-state index >= 15 is 0 Å². The molecule has 0 radical (unpaired) electrons. The van der Waals surface area contributed by atoms with Gasteiger partial charge in [0.2, 0.25) is 0 Å². The number of benzene rings is 1. The largest absolute Gasteiger partial charge is 0.489 e. The van der Waals surface area contributed by atoms with E-state index in [4.69, 9.17) is 4.74 Å². The van der Waals surface area contributed by atoms with Gasteiger partial charge in [0.25, 0.3) is 11.8 Å². The van der Waals surface area contributed by atoms with Crippen LogP contribution >= 0.6 is 0 Å². The minimum absolute atomic E-state index is 0.00550. The predicted octanol–water partition coefficient (Wildman–Crippen LogP) is 4.18. The van der Waals surface area contributed by atoms with Gasteiger partial charge >= 0.3 is 0 Å². The van der Waals surface area contributed by atoms with E-state index in [1.165, 1.54) is 18.7 Å². The molecule has 0 spiro atoms. The number of carbonyl (C=O) groups is 2. The normalized spacial score (nSPS) is 14.5. The molecule has 2 amide bonds. The lowest BCUT2D eigenvalue weighted by molar-refractivity contribution is 0.0922. The molecule has 28 heavy (non-hydrogen) atoms. The molecule has 0 bridgehead atoms. The summed E-state index contributed by atoms with van der Waals surface area (Å²) in [6.45, 7) is 3.86. The van der Waals surface area contributed by atoms with E-state index in [0.29, 0.717) is 17.0 Å². The maximum Gasteiger partial charge on any atom is 0.270 e. The first kappa shape index (κ1) is 19.9. The first-order valence-electron chi connectivity index (χ1n) is 9.87. The highest BCUT2D eigenvalue weighted by molar-refractivity contribution is 6.06. The number of hydrogen-bond acceptors (Lipinski definition) is 4. The number of nitrogens with zero attached hydrogens (tertiary/aromatic N) is 1. The summed E-state index contributed by atoms with van der Waals surface area (Å²) in [5.74, 6) is 0.0641. The first-order chi connectivity index (χ1) is 13.5. The Morgan fingerprint density at radius 3 is 2.57 bits per heavy atom. The molecule has 1 aliphatic carbocycles. The van der Waals surface area contributed by atoms with Crippen LogP contribution in [-0.4, -0.2) is 28.9 Å². The number of amides is 2. The summed E-state index contributed by atoms with van der Waals surface area (Å²) < 4.78 is 5.74. The van der Waals surface area contributed by atoms with Crippen molar-refractivity contribution in [2.75, 3.05) is 5.32 Å². The van der Waals surface area contributed by atoms with E-state index in [1.54, 1.807) is 12.1 Å². The molecule has 3 rings (SSSR count). The van der Waals surface area contributed by atoms with E-state index in [9.17, 15) is 9.59 Å². The van der Waals surface area contributed by atoms with Gasteiger partial charge in [0, 0.05) is 17.8 Å². The van der Waals surface area contributed by atoms with E-state index in [0.717, 1.165) is 25.7 Å². The number of rotatable bonds is 6. The second-order valence-corrected chi connectivity index (χ2v) is 7.36. The van der Waals surface area contributed by atoms with Gasteiger partial charge in [0.1, 0.15) is 11.4 Å². The number of carbonyl (C=O) groups excluding carboxylic acids is 2. The van der Waals surface area contributed by atoms with Crippen LogP contribution < -0.4 is 15.4 Å². The lowest BCUT2D eigenvalue weighted by atomic mass is 9.95. The van der Waals surface area contributed by atoms with E-state index < -0.39 is 0 Å². The molecule has 2 aromatic rings. The van der Waals surface area contributed by atoms with Crippen molar-refractivity contribution < 1.29 is 14.3 Å². The topological polar surface area (TPSA) is 80.3 Å². The molecule has 1 aliphatic rings. The minimum Gasteiger partial charge on any atom is -0.489 e. The Bertz CT molecular complexity index is 829. The third-order valence-corrected chi connectivity index (χ3v) is 4.69. The van der Waals surface area contributed by atoms with Gasteiger partial charge in [-0.05, 0) is 51.0 Å². The Labute approximate surface area is 165 Å². The van der Waals surface area contributed by atoms with E-state index in [1.807, 2.05) is 32.0 Å². The monoisotopic (exact) mass is 381 g/mol. The standard InChI is InChI=1S/C22H27N3O3/c1-15(2)28-20-11-7-6-10-18(20)25-21(26)16-12-13-23-19(14-16)22(27)24-17-8-4-3-5-9-17/h6-7,10-15,17H,3-5,8-9H2,1-2H3,(H,24,27)(H,25,26). The molecule has 148 valence electrons. The molecule has 2 N–H and O–H groups in total. The molecule has 1 saturated carbocycles. The zero-order valence-electron chi connectivity index (χ0n) is 16.4. The number of para-hydroxylation sites is 2. The Morgan fingerprint density at radius 2 is 1.82 bits per heavy atom. The van der Waals surface area contributed by atoms with Crippen LogP contribution in [0.15, 0.2) is 42.6 Å². The molecule has 1 aromatic heterocycles.